The van der Waals surface area contributed by atoms with E-state index >= 15 is 13.2 Å². The molecule has 0 heterocycles. The summed E-state index contributed by atoms with van der Waals surface area (Å²) in [5, 5.41) is 9.96. The number of aliphatic hydroxyl groups is 1. The van der Waals surface area contributed by atoms with E-state index in [9.17, 15) is 13.5 Å². The van der Waals surface area contributed by atoms with E-state index < -0.39 is 38.6 Å². The molecule has 7 fully saturated rings. The largest absolute Gasteiger partial charge is 0.393 e. The quantitative estimate of drug-likeness (QED) is 0.414. The molecule has 0 amide bonds. The molecule has 4 bridgehead atoms. The van der Waals surface area contributed by atoms with Gasteiger partial charge in [-0.25, -0.2) is 13.2 Å². The molecule has 7 saturated carbocycles. The lowest BCUT2D eigenvalue weighted by atomic mass is 9.37. The Morgan fingerprint density at radius 2 is 1.38 bits per heavy atom. The Morgan fingerprint density at radius 3 is 1.92 bits per heavy atom. The van der Waals surface area contributed by atoms with Gasteiger partial charge in [-0.15, -0.1) is 0 Å². The number of rotatable bonds is 5. The minimum atomic E-state index is -4.38. The highest BCUT2D eigenvalue weighted by Crippen LogP contribution is 2.76. The van der Waals surface area contributed by atoms with Crippen molar-refractivity contribution in [3.8, 4) is 0 Å². The first-order chi connectivity index (χ1) is 17.4. The number of benzene rings is 1. The molecule has 1 aromatic carbocycles. The normalized spacial score (nSPS) is 45.2. The number of aryl methyl sites for hydroxylation is 1. The Morgan fingerprint density at radius 1 is 0.838 bits per heavy atom. The fraction of sp³-hybridized carbons (Fsp3) is 0.793. The van der Waals surface area contributed by atoms with Gasteiger partial charge in [0.2, 0.25) is 0 Å². The summed E-state index contributed by atoms with van der Waals surface area (Å²) in [4.78, 5) is -0.130. The molecule has 0 aromatic heterocycles. The number of alkyl halides is 3. The number of hydrogen-bond acceptors (Lipinski definition) is 4. The van der Waals surface area contributed by atoms with Crippen LogP contribution < -0.4 is 0 Å². The predicted molar refractivity (Wildman–Crippen MR) is 133 cm³/mol. The minimum Gasteiger partial charge on any atom is -0.393 e. The van der Waals surface area contributed by atoms with Gasteiger partial charge in [0.25, 0.3) is 16.0 Å². The van der Waals surface area contributed by atoms with Crippen molar-refractivity contribution >= 4 is 10.1 Å². The topological polar surface area (TPSA) is 63.6 Å². The summed E-state index contributed by atoms with van der Waals surface area (Å²) in [6.45, 7) is 1.81. The van der Waals surface area contributed by atoms with E-state index in [-0.39, 0.29) is 42.1 Å². The molecule has 37 heavy (non-hydrogen) atoms. The Balaban J connectivity index is 1.24. The molecule has 7 aliphatic carbocycles. The van der Waals surface area contributed by atoms with Gasteiger partial charge in [0.05, 0.1) is 11.0 Å². The monoisotopic (exact) mass is 540 g/mol. The van der Waals surface area contributed by atoms with E-state index in [1.807, 2.05) is 6.92 Å². The van der Waals surface area contributed by atoms with Crippen LogP contribution in [0.4, 0.5) is 13.2 Å². The van der Waals surface area contributed by atoms with Crippen LogP contribution >= 0.6 is 0 Å². The van der Waals surface area contributed by atoms with Crippen molar-refractivity contribution in [2.24, 2.45) is 22.2 Å². The third-order valence-electron chi connectivity index (χ3n) is 11.8. The van der Waals surface area contributed by atoms with Crippen molar-refractivity contribution in [1.82, 2.24) is 0 Å². The van der Waals surface area contributed by atoms with E-state index in [0.717, 1.165) is 50.5 Å². The zero-order valence-electron chi connectivity index (χ0n) is 21.7. The second kappa shape index (κ2) is 8.44. The Kier molecular flexibility index (Phi) is 5.96. The molecule has 4 nitrogen and oxygen atoms in total. The zero-order chi connectivity index (χ0) is 26.3. The summed E-state index contributed by atoms with van der Waals surface area (Å²) in [7, 11) is -4.38. The third kappa shape index (κ3) is 3.63. The van der Waals surface area contributed by atoms with E-state index in [4.69, 9.17) is 4.18 Å². The molecule has 206 valence electrons. The second-order valence-electron chi connectivity index (χ2n) is 13.1. The van der Waals surface area contributed by atoms with Gasteiger partial charge in [-0.3, -0.25) is 4.18 Å². The highest BCUT2D eigenvalue weighted by molar-refractivity contribution is 7.86. The van der Waals surface area contributed by atoms with Crippen LogP contribution in [0, 0.1) is 29.1 Å². The van der Waals surface area contributed by atoms with Crippen molar-refractivity contribution < 1.29 is 30.9 Å². The first-order valence-electron chi connectivity index (χ1n) is 14.1. The molecule has 8 heteroatoms. The molecule has 1 N–H and O–H groups in total. The number of halogens is 3. The Labute approximate surface area is 218 Å². The van der Waals surface area contributed by atoms with E-state index in [1.54, 1.807) is 12.1 Å². The van der Waals surface area contributed by atoms with Crippen LogP contribution in [0.3, 0.4) is 0 Å². The van der Waals surface area contributed by atoms with E-state index in [2.05, 4.69) is 0 Å². The fourth-order valence-corrected chi connectivity index (χ4v) is 10.7. The molecule has 1 aromatic rings. The van der Waals surface area contributed by atoms with Crippen molar-refractivity contribution in [2.45, 2.75) is 126 Å². The van der Waals surface area contributed by atoms with Gasteiger partial charge < -0.3 is 5.11 Å². The summed E-state index contributed by atoms with van der Waals surface area (Å²) in [6, 6.07) is 5.99. The first kappa shape index (κ1) is 26.1. The van der Waals surface area contributed by atoms with Crippen LogP contribution in [0.15, 0.2) is 29.2 Å². The van der Waals surface area contributed by atoms with E-state index in [0.29, 0.717) is 25.2 Å². The lowest BCUT2D eigenvalue weighted by Crippen LogP contribution is -2.73. The number of hydrogen-bond donors (Lipinski definition) is 1. The van der Waals surface area contributed by atoms with Crippen molar-refractivity contribution in [1.29, 1.82) is 0 Å². The average molecular weight is 541 g/mol. The molecule has 7 aliphatic rings. The van der Waals surface area contributed by atoms with Gasteiger partial charge >= 0.3 is 0 Å². The van der Waals surface area contributed by atoms with Gasteiger partial charge in [-0.1, -0.05) is 17.7 Å². The average Bonchev–Trinajstić information content (AvgIpc) is 2.89. The smallest absolute Gasteiger partial charge is 0.297 e. The molecule has 0 radical (unpaired) electrons. The maximum Gasteiger partial charge on any atom is 0.297 e. The summed E-state index contributed by atoms with van der Waals surface area (Å²) >= 11 is 0. The Bertz CT molecular complexity index is 1110. The van der Waals surface area contributed by atoms with Crippen molar-refractivity contribution in [3.63, 3.8) is 0 Å². The van der Waals surface area contributed by atoms with Gasteiger partial charge in [-0.2, -0.15) is 8.42 Å². The molecular weight excluding hydrogens is 501 g/mol. The van der Waals surface area contributed by atoms with Crippen molar-refractivity contribution in [2.75, 3.05) is 0 Å². The van der Waals surface area contributed by atoms with Crippen LogP contribution in [0.5, 0.6) is 0 Å². The van der Waals surface area contributed by atoms with Crippen LogP contribution in [0.25, 0.3) is 0 Å². The Hall–Kier alpha value is -1.12. The van der Waals surface area contributed by atoms with Crippen LogP contribution in [-0.2, 0) is 14.3 Å². The van der Waals surface area contributed by atoms with Crippen LogP contribution in [0.1, 0.15) is 95.5 Å². The second-order valence-corrected chi connectivity index (χ2v) is 14.7. The highest BCUT2D eigenvalue weighted by atomic mass is 32.2. The van der Waals surface area contributed by atoms with Gasteiger partial charge in [0.15, 0.2) is 6.17 Å². The molecule has 0 aliphatic heterocycles. The maximum absolute atomic E-state index is 16.3. The maximum atomic E-state index is 16.3. The SMILES string of the molecule is Cc1ccc(S(=O)(=O)OC23CCC(C45CCC(C6CCC(O)CC6)(CC4)CC5)(CC2)C(F)(F)C3F)cc1. The zero-order valence-corrected chi connectivity index (χ0v) is 22.5. The summed E-state index contributed by atoms with van der Waals surface area (Å²) in [6.07, 6.45) is 5.86. The first-order valence-corrected chi connectivity index (χ1v) is 15.5. The lowest BCUT2D eigenvalue weighted by Gasteiger charge is -2.69. The number of fused-ring (bicyclic) bond motifs is 6. The molecule has 8 rings (SSSR count). The summed E-state index contributed by atoms with van der Waals surface area (Å²) < 4.78 is 80.0. The minimum absolute atomic E-state index is 0.00224. The summed E-state index contributed by atoms with van der Waals surface area (Å²) in [5.41, 5.74) is -3.01. The fourth-order valence-electron chi connectivity index (χ4n) is 9.47. The van der Waals surface area contributed by atoms with Crippen LogP contribution in [0.2, 0.25) is 0 Å². The van der Waals surface area contributed by atoms with Crippen molar-refractivity contribution in [3.05, 3.63) is 29.8 Å². The van der Waals surface area contributed by atoms with E-state index in [1.165, 1.54) is 12.1 Å². The number of aliphatic hydroxyl groups excluding tert-OH is 1. The third-order valence-corrected chi connectivity index (χ3v) is 13.2. The molecule has 0 saturated heterocycles. The molecule has 0 spiro atoms. The summed E-state index contributed by atoms with van der Waals surface area (Å²) in [5.74, 6) is -3.09. The molecular formula is C29H39F3O4S. The predicted octanol–water partition coefficient (Wildman–Crippen LogP) is 6.88. The molecule has 1 unspecified atom stereocenters. The van der Waals surface area contributed by atoms with Gasteiger partial charge in [0, 0.05) is 5.41 Å². The standard InChI is InChI=1S/C29H39F3O4S/c1-20-2-8-23(9-3-20)37(34,35)36-27-16-18-28(19-17-27,29(31,32)24(27)30)26-13-10-25(11-14-26,12-15-26)21-4-6-22(33)7-5-21/h2-3,8-9,21-22,24,33H,4-7,10-19H2,1H3. The van der Waals surface area contributed by atoms with Gasteiger partial charge in [0.1, 0.15) is 5.60 Å². The van der Waals surface area contributed by atoms with Crippen LogP contribution in [-0.4, -0.2) is 37.3 Å². The lowest BCUT2D eigenvalue weighted by molar-refractivity contribution is -0.329. The highest BCUT2D eigenvalue weighted by Gasteiger charge is 2.79. The van der Waals surface area contributed by atoms with Gasteiger partial charge in [-0.05, 0) is 126 Å². The molecule has 1 atom stereocenters.